The van der Waals surface area contributed by atoms with Gasteiger partial charge in [-0.15, -0.1) is 10.2 Å². The molecule has 1 fully saturated rings. The van der Waals surface area contributed by atoms with Gasteiger partial charge in [0.25, 0.3) is 5.22 Å². The predicted octanol–water partition coefficient (Wildman–Crippen LogP) is 3.96. The fourth-order valence-electron chi connectivity index (χ4n) is 2.45. The second-order valence-electron chi connectivity index (χ2n) is 5.49. The number of rotatable bonds is 3. The van der Waals surface area contributed by atoms with E-state index in [1.54, 1.807) is 0 Å². The summed E-state index contributed by atoms with van der Waals surface area (Å²) < 4.78 is 5.70. The Morgan fingerprint density at radius 3 is 2.81 bits per heavy atom. The minimum atomic E-state index is -0.0215. The summed E-state index contributed by atoms with van der Waals surface area (Å²) in [7, 11) is 0. The van der Waals surface area contributed by atoms with Crippen LogP contribution in [0.4, 0.5) is 0 Å². The molecular weight excluding hydrogens is 284 g/mol. The maximum Gasteiger partial charge on any atom is 0.277 e. The third-order valence-corrected chi connectivity index (χ3v) is 5.05. The third kappa shape index (κ3) is 3.18. The molecule has 0 radical (unpaired) electrons. The van der Waals surface area contributed by atoms with Gasteiger partial charge in [0.05, 0.1) is 5.25 Å². The van der Waals surface area contributed by atoms with Crippen LogP contribution in [0.1, 0.15) is 36.8 Å². The molecule has 1 aromatic carbocycles. The number of thioether (sulfide) groups is 1. The van der Waals surface area contributed by atoms with E-state index < -0.39 is 0 Å². The van der Waals surface area contributed by atoms with Gasteiger partial charge in [0.2, 0.25) is 5.89 Å². The van der Waals surface area contributed by atoms with Gasteiger partial charge in [0.15, 0.2) is 0 Å². The van der Waals surface area contributed by atoms with Crippen molar-refractivity contribution in [2.45, 2.75) is 50.0 Å². The maximum atomic E-state index is 11.8. The Morgan fingerprint density at radius 2 is 2.05 bits per heavy atom. The second-order valence-corrected chi connectivity index (χ2v) is 6.64. The van der Waals surface area contributed by atoms with Crippen molar-refractivity contribution in [1.82, 2.24) is 10.2 Å². The SMILES string of the molecule is Cc1ccc(-c2nnc(S[C@@H]3CCCCC3=O)o2)cc1C. The van der Waals surface area contributed by atoms with Crippen molar-refractivity contribution in [3.8, 4) is 11.5 Å². The number of aryl methyl sites for hydroxylation is 2. The zero-order valence-corrected chi connectivity index (χ0v) is 13.1. The standard InChI is InChI=1S/C16H18N2O2S/c1-10-7-8-12(9-11(10)2)15-17-18-16(20-15)21-14-6-4-3-5-13(14)19/h7-9,14H,3-6H2,1-2H3/t14-/m1/s1. The maximum absolute atomic E-state index is 11.8. The fraction of sp³-hybridized carbons (Fsp3) is 0.438. The van der Waals surface area contributed by atoms with Gasteiger partial charge in [-0.2, -0.15) is 0 Å². The Morgan fingerprint density at radius 1 is 1.19 bits per heavy atom. The van der Waals surface area contributed by atoms with Crippen LogP contribution in [0.15, 0.2) is 27.8 Å². The lowest BCUT2D eigenvalue weighted by Crippen LogP contribution is -2.21. The summed E-state index contributed by atoms with van der Waals surface area (Å²) in [5.74, 6) is 0.820. The molecule has 5 heteroatoms. The average Bonchev–Trinajstić information content (AvgIpc) is 2.93. The van der Waals surface area contributed by atoms with Crippen molar-refractivity contribution in [3.63, 3.8) is 0 Å². The molecule has 1 aromatic heterocycles. The van der Waals surface area contributed by atoms with Crippen LogP contribution in [0.5, 0.6) is 0 Å². The van der Waals surface area contributed by atoms with E-state index in [1.165, 1.54) is 22.9 Å². The van der Waals surface area contributed by atoms with E-state index in [1.807, 2.05) is 18.2 Å². The normalized spacial score (nSPS) is 19.0. The second kappa shape index (κ2) is 6.02. The van der Waals surface area contributed by atoms with Crippen molar-refractivity contribution in [1.29, 1.82) is 0 Å². The molecule has 0 amide bonds. The smallest absolute Gasteiger partial charge is 0.277 e. The van der Waals surface area contributed by atoms with Crippen molar-refractivity contribution < 1.29 is 9.21 Å². The molecule has 0 aliphatic heterocycles. The summed E-state index contributed by atoms with van der Waals surface area (Å²) in [6, 6.07) is 6.07. The molecule has 1 saturated carbocycles. The summed E-state index contributed by atoms with van der Waals surface area (Å²) in [5.41, 5.74) is 3.36. The van der Waals surface area contributed by atoms with Crippen LogP contribution < -0.4 is 0 Å². The number of benzene rings is 1. The summed E-state index contributed by atoms with van der Waals surface area (Å²) in [4.78, 5) is 11.8. The highest BCUT2D eigenvalue weighted by atomic mass is 32.2. The monoisotopic (exact) mass is 302 g/mol. The van der Waals surface area contributed by atoms with E-state index in [0.29, 0.717) is 23.3 Å². The molecule has 0 unspecified atom stereocenters. The van der Waals surface area contributed by atoms with Gasteiger partial charge >= 0.3 is 0 Å². The molecule has 4 nitrogen and oxygen atoms in total. The highest BCUT2D eigenvalue weighted by Crippen LogP contribution is 2.32. The third-order valence-electron chi connectivity index (χ3n) is 3.90. The van der Waals surface area contributed by atoms with Crippen LogP contribution in [-0.4, -0.2) is 21.2 Å². The van der Waals surface area contributed by atoms with Crippen molar-refractivity contribution in [2.24, 2.45) is 0 Å². The first-order valence-corrected chi connectivity index (χ1v) is 8.12. The number of aromatic nitrogens is 2. The number of hydrogen-bond donors (Lipinski definition) is 0. The van der Waals surface area contributed by atoms with E-state index in [9.17, 15) is 4.79 Å². The van der Waals surface area contributed by atoms with Crippen LogP contribution >= 0.6 is 11.8 Å². The first-order chi connectivity index (χ1) is 10.1. The van der Waals surface area contributed by atoms with Crippen LogP contribution in [0.2, 0.25) is 0 Å². The molecular formula is C16H18N2O2S. The van der Waals surface area contributed by atoms with Crippen LogP contribution in [0, 0.1) is 13.8 Å². The van der Waals surface area contributed by atoms with Gasteiger partial charge < -0.3 is 4.42 Å². The molecule has 1 heterocycles. The lowest BCUT2D eigenvalue weighted by atomic mass is 9.99. The predicted molar refractivity (Wildman–Crippen MR) is 82.3 cm³/mol. The van der Waals surface area contributed by atoms with Crippen molar-refractivity contribution in [3.05, 3.63) is 29.3 Å². The van der Waals surface area contributed by atoms with E-state index in [2.05, 4.69) is 24.0 Å². The molecule has 0 saturated heterocycles. The Hall–Kier alpha value is -1.62. The van der Waals surface area contributed by atoms with E-state index in [4.69, 9.17) is 4.42 Å². The largest absolute Gasteiger partial charge is 0.411 e. The van der Waals surface area contributed by atoms with Gasteiger partial charge in [-0.05, 0) is 49.9 Å². The zero-order chi connectivity index (χ0) is 14.8. The molecule has 0 spiro atoms. The minimum absolute atomic E-state index is 0.0215. The lowest BCUT2D eigenvalue weighted by Gasteiger charge is -2.17. The van der Waals surface area contributed by atoms with Crippen LogP contribution in [0.25, 0.3) is 11.5 Å². The zero-order valence-electron chi connectivity index (χ0n) is 12.3. The first-order valence-electron chi connectivity index (χ1n) is 7.24. The van der Waals surface area contributed by atoms with Gasteiger partial charge in [-0.25, -0.2) is 0 Å². The Kier molecular flexibility index (Phi) is 4.10. The number of nitrogens with zero attached hydrogens (tertiary/aromatic N) is 2. The molecule has 1 aliphatic carbocycles. The summed E-state index contributed by atoms with van der Waals surface area (Å²) in [5, 5.41) is 8.63. The number of carbonyl (C=O) groups excluding carboxylic acids is 1. The molecule has 1 atom stereocenters. The number of ketones is 1. The van der Waals surface area contributed by atoms with Crippen LogP contribution in [-0.2, 0) is 4.79 Å². The van der Waals surface area contributed by atoms with Gasteiger partial charge in [-0.1, -0.05) is 24.2 Å². The Balaban J connectivity index is 1.76. The number of carbonyl (C=O) groups is 1. The van der Waals surface area contributed by atoms with E-state index in [-0.39, 0.29) is 5.25 Å². The highest BCUT2D eigenvalue weighted by Gasteiger charge is 2.25. The van der Waals surface area contributed by atoms with E-state index in [0.717, 1.165) is 24.8 Å². The minimum Gasteiger partial charge on any atom is -0.411 e. The van der Waals surface area contributed by atoms with Gasteiger partial charge in [-0.3, -0.25) is 4.79 Å². The topological polar surface area (TPSA) is 56.0 Å². The number of hydrogen-bond acceptors (Lipinski definition) is 5. The van der Waals surface area contributed by atoms with Crippen molar-refractivity contribution in [2.75, 3.05) is 0 Å². The molecule has 2 aromatic rings. The summed E-state index contributed by atoms with van der Waals surface area (Å²) in [6.07, 6.45) is 3.69. The summed E-state index contributed by atoms with van der Waals surface area (Å²) in [6.45, 7) is 4.13. The summed E-state index contributed by atoms with van der Waals surface area (Å²) >= 11 is 1.41. The Labute approximate surface area is 128 Å². The van der Waals surface area contributed by atoms with Crippen molar-refractivity contribution >= 4 is 17.5 Å². The molecule has 0 bridgehead atoms. The lowest BCUT2D eigenvalue weighted by molar-refractivity contribution is -0.119. The highest BCUT2D eigenvalue weighted by molar-refractivity contribution is 8.00. The molecule has 21 heavy (non-hydrogen) atoms. The van der Waals surface area contributed by atoms with Gasteiger partial charge in [0, 0.05) is 12.0 Å². The molecule has 0 N–H and O–H groups in total. The van der Waals surface area contributed by atoms with Gasteiger partial charge in [0.1, 0.15) is 5.78 Å². The first kappa shape index (κ1) is 14.3. The average molecular weight is 302 g/mol. The fourth-order valence-corrected chi connectivity index (χ4v) is 3.44. The quantitative estimate of drug-likeness (QED) is 0.859. The van der Waals surface area contributed by atoms with E-state index >= 15 is 0 Å². The molecule has 1 aliphatic rings. The number of Topliss-reactive ketones (excluding diaryl/α,β-unsaturated/α-hetero) is 1. The van der Waals surface area contributed by atoms with Crippen LogP contribution in [0.3, 0.4) is 0 Å². The molecule has 110 valence electrons. The Bertz CT molecular complexity index is 666. The molecule has 3 rings (SSSR count).